The number of rotatable bonds is 9. The zero-order chi connectivity index (χ0) is 15.0. The van der Waals surface area contributed by atoms with Gasteiger partial charge in [-0.15, -0.1) is 0 Å². The zero-order valence-corrected chi connectivity index (χ0v) is 13.1. The molecule has 0 saturated carbocycles. The Labute approximate surface area is 122 Å². The van der Waals surface area contributed by atoms with Crippen LogP contribution in [0, 0.1) is 0 Å². The largest absolute Gasteiger partial charge is 0.466 e. The molecule has 0 aromatic carbocycles. The molecule has 0 aromatic rings. The first-order chi connectivity index (χ1) is 9.56. The molecule has 1 aliphatic heterocycles. The second-order valence-corrected chi connectivity index (χ2v) is 5.47. The summed E-state index contributed by atoms with van der Waals surface area (Å²) in [4.78, 5) is 27.6. The van der Waals surface area contributed by atoms with E-state index >= 15 is 0 Å². The highest BCUT2D eigenvalue weighted by atomic mass is 16.5. The lowest BCUT2D eigenvalue weighted by Crippen LogP contribution is -2.40. The van der Waals surface area contributed by atoms with Crippen molar-refractivity contribution < 1.29 is 14.3 Å². The third-order valence-corrected chi connectivity index (χ3v) is 3.79. The lowest BCUT2D eigenvalue weighted by atomic mass is 10.2. The molecule has 0 N–H and O–H groups in total. The minimum atomic E-state index is -0.281. The van der Waals surface area contributed by atoms with Crippen LogP contribution < -0.4 is 0 Å². The van der Waals surface area contributed by atoms with E-state index in [1.54, 1.807) is 6.92 Å². The summed E-state index contributed by atoms with van der Waals surface area (Å²) in [7, 11) is 1.98. The van der Waals surface area contributed by atoms with Crippen LogP contribution >= 0.6 is 0 Å². The zero-order valence-electron chi connectivity index (χ0n) is 13.1. The molecule has 1 heterocycles. The van der Waals surface area contributed by atoms with Crippen molar-refractivity contribution in [3.63, 3.8) is 0 Å². The van der Waals surface area contributed by atoms with Gasteiger partial charge in [0, 0.05) is 19.0 Å². The molecular weight excluding hydrogens is 256 g/mol. The molecule has 0 radical (unpaired) electrons. The van der Waals surface area contributed by atoms with Gasteiger partial charge >= 0.3 is 5.97 Å². The molecule has 1 unspecified atom stereocenters. The first-order valence-corrected chi connectivity index (χ1v) is 7.66. The van der Waals surface area contributed by atoms with Crippen LogP contribution in [0.3, 0.4) is 0 Å². The molecule has 0 spiro atoms. The van der Waals surface area contributed by atoms with Gasteiger partial charge in [0.2, 0.25) is 0 Å². The quantitative estimate of drug-likeness (QED) is 0.598. The number of hydrogen-bond donors (Lipinski definition) is 0. The Bertz CT molecular complexity index is 320. The van der Waals surface area contributed by atoms with Crippen molar-refractivity contribution in [2.45, 2.75) is 45.6 Å². The van der Waals surface area contributed by atoms with E-state index in [1.165, 1.54) is 19.4 Å². The number of esters is 1. The van der Waals surface area contributed by atoms with Crippen LogP contribution in [0.2, 0.25) is 0 Å². The minimum Gasteiger partial charge on any atom is -0.466 e. The lowest BCUT2D eigenvalue weighted by molar-refractivity contribution is -0.144. The monoisotopic (exact) mass is 284 g/mol. The normalized spacial score (nSPS) is 19.5. The van der Waals surface area contributed by atoms with Crippen molar-refractivity contribution in [1.29, 1.82) is 0 Å². The fourth-order valence-corrected chi connectivity index (χ4v) is 2.80. The predicted octanol–water partition coefficient (Wildman–Crippen LogP) is 1.31. The Kier molecular flexibility index (Phi) is 7.77. The van der Waals surface area contributed by atoms with Gasteiger partial charge in [-0.1, -0.05) is 6.92 Å². The smallest absolute Gasteiger partial charge is 0.306 e. The van der Waals surface area contributed by atoms with Crippen molar-refractivity contribution in [1.82, 2.24) is 9.80 Å². The van der Waals surface area contributed by atoms with Crippen molar-refractivity contribution >= 4 is 11.8 Å². The Hall–Kier alpha value is -0.940. The molecular formula is C15H28N2O3. The molecule has 1 atom stereocenters. The van der Waals surface area contributed by atoms with Gasteiger partial charge in [0.25, 0.3) is 0 Å². The van der Waals surface area contributed by atoms with Crippen LogP contribution in [-0.2, 0) is 14.3 Å². The maximum absolute atomic E-state index is 11.8. The summed E-state index contributed by atoms with van der Waals surface area (Å²) < 4.78 is 4.82. The third-order valence-electron chi connectivity index (χ3n) is 3.79. The summed E-state index contributed by atoms with van der Waals surface area (Å²) in [5, 5.41) is 0. The van der Waals surface area contributed by atoms with Crippen molar-refractivity contribution in [2.75, 3.05) is 39.8 Å². The van der Waals surface area contributed by atoms with Crippen LogP contribution in [0.1, 0.15) is 39.5 Å². The van der Waals surface area contributed by atoms with Crippen molar-refractivity contribution in [3.05, 3.63) is 0 Å². The molecule has 0 aromatic heterocycles. The molecule has 0 aliphatic carbocycles. The van der Waals surface area contributed by atoms with Gasteiger partial charge in [0.1, 0.15) is 5.78 Å². The Morgan fingerprint density at radius 3 is 2.70 bits per heavy atom. The summed E-state index contributed by atoms with van der Waals surface area (Å²) in [5.74, 6) is -0.168. The van der Waals surface area contributed by atoms with Gasteiger partial charge in [-0.05, 0) is 39.9 Å². The van der Waals surface area contributed by atoms with E-state index < -0.39 is 0 Å². The van der Waals surface area contributed by atoms with Crippen LogP contribution in [0.15, 0.2) is 0 Å². The molecule has 20 heavy (non-hydrogen) atoms. The van der Waals surface area contributed by atoms with Crippen LogP contribution in [0.5, 0.6) is 0 Å². The van der Waals surface area contributed by atoms with Gasteiger partial charge in [0.15, 0.2) is 0 Å². The summed E-state index contributed by atoms with van der Waals surface area (Å²) in [6, 6.07) is 0.572. The average molecular weight is 284 g/mol. The molecule has 1 rings (SSSR count). The van der Waals surface area contributed by atoms with E-state index in [0.717, 1.165) is 13.1 Å². The number of carbonyl (C=O) groups excluding carboxylic acids is 2. The van der Waals surface area contributed by atoms with Crippen LogP contribution in [0.4, 0.5) is 0 Å². The first kappa shape index (κ1) is 17.1. The Morgan fingerprint density at radius 1 is 1.30 bits per heavy atom. The van der Waals surface area contributed by atoms with E-state index in [4.69, 9.17) is 4.74 Å². The number of carbonyl (C=O) groups is 2. The van der Waals surface area contributed by atoms with Crippen LogP contribution in [-0.4, -0.2) is 67.4 Å². The number of likely N-dealkylation sites (tertiary alicyclic amines) is 1. The molecule has 1 fully saturated rings. The molecule has 1 saturated heterocycles. The number of Topliss-reactive ketones (excluding diaryl/α,β-unsaturated/α-hetero) is 1. The lowest BCUT2D eigenvalue weighted by Gasteiger charge is -2.27. The summed E-state index contributed by atoms with van der Waals surface area (Å²) in [6.07, 6.45) is 2.95. The van der Waals surface area contributed by atoms with Crippen molar-refractivity contribution in [3.8, 4) is 0 Å². The highest BCUT2D eigenvalue weighted by Gasteiger charge is 2.24. The van der Waals surface area contributed by atoms with Gasteiger partial charge in [-0.2, -0.15) is 0 Å². The van der Waals surface area contributed by atoms with Crippen molar-refractivity contribution in [2.24, 2.45) is 0 Å². The first-order valence-electron chi connectivity index (χ1n) is 7.66. The van der Waals surface area contributed by atoms with E-state index in [1.807, 2.05) is 7.05 Å². The number of ketones is 1. The Morgan fingerprint density at radius 2 is 2.05 bits per heavy atom. The number of nitrogens with zero attached hydrogens (tertiary/aromatic N) is 2. The second-order valence-electron chi connectivity index (χ2n) is 5.47. The van der Waals surface area contributed by atoms with Gasteiger partial charge in [-0.3, -0.25) is 19.4 Å². The summed E-state index contributed by atoms with van der Waals surface area (Å²) >= 11 is 0. The van der Waals surface area contributed by atoms with E-state index in [9.17, 15) is 9.59 Å². The topological polar surface area (TPSA) is 49.9 Å². The number of likely N-dealkylation sites (N-methyl/N-ethyl adjacent to an activating group) is 2. The maximum Gasteiger partial charge on any atom is 0.306 e. The van der Waals surface area contributed by atoms with Gasteiger partial charge in [0.05, 0.1) is 19.6 Å². The van der Waals surface area contributed by atoms with Crippen LogP contribution in [0.25, 0.3) is 0 Å². The standard InChI is InChI=1S/C15H28N2O3/c1-4-17-10-6-7-13(17)11-16(3)12-14(18)8-9-15(19)20-5-2/h13H,4-12H2,1-3H3. The summed E-state index contributed by atoms with van der Waals surface area (Å²) in [6.45, 7) is 7.94. The second kappa shape index (κ2) is 9.08. The van der Waals surface area contributed by atoms with E-state index in [0.29, 0.717) is 19.2 Å². The van der Waals surface area contributed by atoms with E-state index in [-0.39, 0.29) is 24.6 Å². The molecule has 0 bridgehead atoms. The van der Waals surface area contributed by atoms with Gasteiger partial charge < -0.3 is 4.74 Å². The summed E-state index contributed by atoms with van der Waals surface area (Å²) in [5.41, 5.74) is 0. The fourth-order valence-electron chi connectivity index (χ4n) is 2.80. The Balaban J connectivity index is 2.22. The fraction of sp³-hybridized carbons (Fsp3) is 0.867. The van der Waals surface area contributed by atoms with E-state index in [2.05, 4.69) is 16.7 Å². The molecule has 1 aliphatic rings. The minimum absolute atomic E-state index is 0.113. The SMILES string of the molecule is CCOC(=O)CCC(=O)CN(C)CC1CCCN1CC. The molecule has 0 amide bonds. The number of ether oxygens (including phenoxy) is 1. The van der Waals surface area contributed by atoms with Gasteiger partial charge in [-0.25, -0.2) is 0 Å². The highest BCUT2D eigenvalue weighted by molar-refractivity contribution is 5.84. The maximum atomic E-state index is 11.8. The molecule has 5 heteroatoms. The predicted molar refractivity (Wildman–Crippen MR) is 78.6 cm³/mol. The average Bonchev–Trinajstić information content (AvgIpc) is 2.83. The third kappa shape index (κ3) is 6.01. The molecule has 5 nitrogen and oxygen atoms in total. The highest BCUT2D eigenvalue weighted by Crippen LogP contribution is 2.17. The number of hydrogen-bond acceptors (Lipinski definition) is 5. The molecule has 116 valence electrons.